The van der Waals surface area contributed by atoms with Crippen molar-refractivity contribution < 1.29 is 14.7 Å². The number of hydrogen-bond acceptors (Lipinski definition) is 3. The van der Waals surface area contributed by atoms with E-state index in [1.165, 1.54) is 12.3 Å². The van der Waals surface area contributed by atoms with Crippen molar-refractivity contribution in [2.24, 2.45) is 0 Å². The summed E-state index contributed by atoms with van der Waals surface area (Å²) in [5, 5.41) is 14.2. The number of carboxylic acid groups (broad SMARTS) is 1. The van der Waals surface area contributed by atoms with Crippen LogP contribution in [-0.2, 0) is 0 Å². The Morgan fingerprint density at radius 1 is 1.20 bits per heavy atom. The number of aromatic carboxylic acids is 1. The number of anilines is 2. The number of nitrogens with zero attached hydrogens (tertiary/aromatic N) is 1. The van der Waals surface area contributed by atoms with E-state index in [-0.39, 0.29) is 11.3 Å². The first-order chi connectivity index (χ1) is 9.56. The Bertz CT molecular complexity index is 641. The normalized spacial score (nSPS) is 9.85. The van der Waals surface area contributed by atoms with Crippen molar-refractivity contribution in [3.63, 3.8) is 0 Å². The highest BCUT2D eigenvalue weighted by Gasteiger charge is 2.12. The third kappa shape index (κ3) is 3.32. The van der Waals surface area contributed by atoms with E-state index in [0.29, 0.717) is 5.69 Å². The number of carbonyl (C=O) groups is 2. The zero-order valence-corrected chi connectivity index (χ0v) is 10.8. The van der Waals surface area contributed by atoms with Crippen LogP contribution in [0.3, 0.4) is 0 Å². The first-order valence-corrected chi connectivity index (χ1v) is 5.88. The predicted octanol–water partition coefficient (Wildman–Crippen LogP) is 2.73. The van der Waals surface area contributed by atoms with E-state index in [9.17, 15) is 9.59 Å². The van der Waals surface area contributed by atoms with Gasteiger partial charge in [-0.05, 0) is 31.2 Å². The minimum atomic E-state index is -1.09. The number of carbonyl (C=O) groups excluding carboxylic acids is 1. The molecule has 6 nitrogen and oxygen atoms in total. The molecule has 0 aliphatic heterocycles. The van der Waals surface area contributed by atoms with Gasteiger partial charge in [0.15, 0.2) is 0 Å². The molecule has 6 heteroatoms. The summed E-state index contributed by atoms with van der Waals surface area (Å²) in [5.74, 6) is -1.09. The minimum absolute atomic E-state index is 0.0475. The number of aromatic nitrogens is 1. The lowest BCUT2D eigenvalue weighted by Crippen LogP contribution is -2.21. The lowest BCUT2D eigenvalue weighted by atomic mass is 10.1. The highest BCUT2D eigenvalue weighted by molar-refractivity contribution is 6.04. The molecule has 102 valence electrons. The van der Waals surface area contributed by atoms with Crippen LogP contribution in [-0.4, -0.2) is 22.1 Å². The fraction of sp³-hybridized carbons (Fsp3) is 0.0714. The molecule has 0 radical (unpaired) electrons. The Hall–Kier alpha value is -2.89. The Balaban J connectivity index is 2.14. The van der Waals surface area contributed by atoms with Crippen LogP contribution >= 0.6 is 0 Å². The van der Waals surface area contributed by atoms with Crippen LogP contribution < -0.4 is 10.6 Å². The number of hydrogen-bond donors (Lipinski definition) is 3. The Morgan fingerprint density at radius 3 is 2.65 bits per heavy atom. The maximum Gasteiger partial charge on any atom is 0.337 e. The van der Waals surface area contributed by atoms with Crippen LogP contribution in [0.25, 0.3) is 0 Å². The summed E-state index contributed by atoms with van der Waals surface area (Å²) in [6.45, 7) is 1.78. The van der Waals surface area contributed by atoms with E-state index in [1.54, 1.807) is 37.4 Å². The first-order valence-electron chi connectivity index (χ1n) is 5.88. The summed E-state index contributed by atoms with van der Waals surface area (Å²) < 4.78 is 0. The number of carboxylic acids is 1. The van der Waals surface area contributed by atoms with Crippen molar-refractivity contribution in [1.82, 2.24) is 4.98 Å². The van der Waals surface area contributed by atoms with Crippen LogP contribution in [0.5, 0.6) is 0 Å². The SMILES string of the molecule is Cc1ccc(NC(=O)Nc2cccnc2)c(C(=O)O)c1. The molecule has 0 saturated heterocycles. The molecule has 2 amide bonds. The summed E-state index contributed by atoms with van der Waals surface area (Å²) in [7, 11) is 0. The van der Waals surface area contributed by atoms with Gasteiger partial charge in [0, 0.05) is 6.20 Å². The Labute approximate surface area is 115 Å². The van der Waals surface area contributed by atoms with Crippen molar-refractivity contribution in [1.29, 1.82) is 0 Å². The predicted molar refractivity (Wildman–Crippen MR) is 75.0 cm³/mol. The van der Waals surface area contributed by atoms with Gasteiger partial charge < -0.3 is 15.7 Å². The zero-order chi connectivity index (χ0) is 14.5. The van der Waals surface area contributed by atoms with Crippen LogP contribution in [0.4, 0.5) is 16.2 Å². The highest BCUT2D eigenvalue weighted by atomic mass is 16.4. The van der Waals surface area contributed by atoms with Crippen molar-refractivity contribution in [2.45, 2.75) is 6.92 Å². The molecule has 0 saturated carbocycles. The third-order valence-electron chi connectivity index (χ3n) is 2.57. The topological polar surface area (TPSA) is 91.3 Å². The molecule has 0 spiro atoms. The molecule has 0 fully saturated rings. The lowest BCUT2D eigenvalue weighted by Gasteiger charge is -2.10. The summed E-state index contributed by atoms with van der Waals surface area (Å²) in [6, 6.07) is 7.63. The molecular weight excluding hydrogens is 258 g/mol. The fourth-order valence-corrected chi connectivity index (χ4v) is 1.67. The maximum atomic E-state index is 11.8. The average Bonchev–Trinajstić information content (AvgIpc) is 2.41. The molecule has 1 heterocycles. The molecule has 2 rings (SSSR count). The van der Waals surface area contributed by atoms with Crippen molar-refractivity contribution in [3.8, 4) is 0 Å². The fourth-order valence-electron chi connectivity index (χ4n) is 1.67. The van der Waals surface area contributed by atoms with Gasteiger partial charge >= 0.3 is 12.0 Å². The Kier molecular flexibility index (Phi) is 3.95. The molecular formula is C14H13N3O3. The van der Waals surface area contributed by atoms with Gasteiger partial charge in [-0.25, -0.2) is 9.59 Å². The second kappa shape index (κ2) is 5.83. The van der Waals surface area contributed by atoms with Gasteiger partial charge in [0.1, 0.15) is 0 Å². The minimum Gasteiger partial charge on any atom is -0.478 e. The zero-order valence-electron chi connectivity index (χ0n) is 10.8. The maximum absolute atomic E-state index is 11.8. The lowest BCUT2D eigenvalue weighted by molar-refractivity contribution is 0.0698. The van der Waals surface area contributed by atoms with Gasteiger partial charge in [-0.2, -0.15) is 0 Å². The number of aryl methyl sites for hydroxylation is 1. The monoisotopic (exact) mass is 271 g/mol. The number of benzene rings is 1. The van der Waals surface area contributed by atoms with E-state index in [4.69, 9.17) is 5.11 Å². The molecule has 1 aromatic carbocycles. The molecule has 0 unspecified atom stereocenters. The summed E-state index contributed by atoms with van der Waals surface area (Å²) in [4.78, 5) is 26.8. The van der Waals surface area contributed by atoms with Gasteiger partial charge in [0.25, 0.3) is 0 Å². The first kappa shape index (κ1) is 13.5. The van der Waals surface area contributed by atoms with Gasteiger partial charge in [0.05, 0.1) is 23.1 Å². The van der Waals surface area contributed by atoms with Crippen LogP contribution in [0.2, 0.25) is 0 Å². The molecule has 0 aliphatic carbocycles. The van der Waals surface area contributed by atoms with Crippen molar-refractivity contribution >= 4 is 23.4 Å². The summed E-state index contributed by atoms with van der Waals surface area (Å²) in [5.41, 5.74) is 1.62. The number of amides is 2. The smallest absolute Gasteiger partial charge is 0.337 e. The molecule has 2 aromatic rings. The quantitative estimate of drug-likeness (QED) is 0.800. The van der Waals surface area contributed by atoms with Crippen LogP contribution in [0.15, 0.2) is 42.7 Å². The van der Waals surface area contributed by atoms with Crippen molar-refractivity contribution in [2.75, 3.05) is 10.6 Å². The van der Waals surface area contributed by atoms with Crippen molar-refractivity contribution in [3.05, 3.63) is 53.9 Å². The van der Waals surface area contributed by atoms with Gasteiger partial charge in [-0.1, -0.05) is 11.6 Å². The molecule has 3 N–H and O–H groups in total. The standard InChI is InChI=1S/C14H13N3O3/c1-9-4-5-12(11(7-9)13(18)19)17-14(20)16-10-3-2-6-15-8-10/h2-8H,1H3,(H,18,19)(H2,16,17,20). The largest absolute Gasteiger partial charge is 0.478 e. The second-order valence-corrected chi connectivity index (χ2v) is 4.18. The van der Waals surface area contributed by atoms with E-state index in [1.807, 2.05) is 0 Å². The summed E-state index contributed by atoms with van der Waals surface area (Å²) in [6.07, 6.45) is 3.08. The molecule has 1 aromatic heterocycles. The Morgan fingerprint density at radius 2 is 2.00 bits per heavy atom. The van der Waals surface area contributed by atoms with E-state index >= 15 is 0 Å². The van der Waals surface area contributed by atoms with Gasteiger partial charge in [0.2, 0.25) is 0 Å². The van der Waals surface area contributed by atoms with Gasteiger partial charge in [-0.3, -0.25) is 4.98 Å². The number of urea groups is 1. The number of pyridine rings is 1. The molecule has 0 atom stereocenters. The average molecular weight is 271 g/mol. The number of rotatable bonds is 3. The third-order valence-corrected chi connectivity index (χ3v) is 2.57. The summed E-state index contributed by atoms with van der Waals surface area (Å²) >= 11 is 0. The van der Waals surface area contributed by atoms with E-state index < -0.39 is 12.0 Å². The van der Waals surface area contributed by atoms with E-state index in [2.05, 4.69) is 15.6 Å². The van der Waals surface area contributed by atoms with Gasteiger partial charge in [-0.15, -0.1) is 0 Å². The molecule has 20 heavy (non-hydrogen) atoms. The molecule has 0 bridgehead atoms. The highest BCUT2D eigenvalue weighted by Crippen LogP contribution is 2.17. The van der Waals surface area contributed by atoms with Crippen LogP contribution in [0, 0.1) is 6.92 Å². The molecule has 0 aliphatic rings. The second-order valence-electron chi connectivity index (χ2n) is 4.18. The van der Waals surface area contributed by atoms with Crippen LogP contribution in [0.1, 0.15) is 15.9 Å². The number of nitrogens with one attached hydrogen (secondary N) is 2. The van der Waals surface area contributed by atoms with E-state index in [0.717, 1.165) is 5.56 Å².